The predicted octanol–water partition coefficient (Wildman–Crippen LogP) is 1.63. The second-order valence-corrected chi connectivity index (χ2v) is 16.9. The molecule has 0 spiro atoms. The summed E-state index contributed by atoms with van der Waals surface area (Å²) in [7, 11) is -3.98. The number of amides is 5. The van der Waals surface area contributed by atoms with E-state index in [1.54, 1.807) is 36.4 Å². The van der Waals surface area contributed by atoms with Crippen LogP contribution in [0.2, 0.25) is 0 Å². The number of rotatable bonds is 23. The molecule has 20 heteroatoms. The summed E-state index contributed by atoms with van der Waals surface area (Å²) in [6, 6.07) is 20.1. The van der Waals surface area contributed by atoms with Gasteiger partial charge in [0.25, 0.3) is 10.0 Å². The molecule has 0 radical (unpaired) electrons. The van der Waals surface area contributed by atoms with Crippen LogP contribution in [0.25, 0.3) is 0 Å². The number of carbonyl (C=O) groups excluding carboxylic acids is 6. The summed E-state index contributed by atoms with van der Waals surface area (Å²) in [4.78, 5) is 84.2. The number of aryl methyl sites for hydroxylation is 1. The normalized spacial score (nSPS) is 15.2. The van der Waals surface area contributed by atoms with Crippen molar-refractivity contribution in [1.82, 2.24) is 30.9 Å². The van der Waals surface area contributed by atoms with Crippen molar-refractivity contribution in [3.8, 4) is 0 Å². The van der Waals surface area contributed by atoms with Crippen molar-refractivity contribution in [2.75, 3.05) is 26.2 Å². The van der Waals surface area contributed by atoms with Crippen molar-refractivity contribution in [1.29, 1.82) is 0 Å². The van der Waals surface area contributed by atoms with Gasteiger partial charge in [-0.05, 0) is 82.1 Å². The fourth-order valence-electron chi connectivity index (χ4n) is 6.64. The van der Waals surface area contributed by atoms with E-state index >= 15 is 0 Å². The number of ether oxygens (including phenoxy) is 2. The van der Waals surface area contributed by atoms with Crippen LogP contribution in [0.15, 0.2) is 94.8 Å². The molecule has 5 amide bonds. The number of likely N-dealkylation sites (tertiary alicyclic amines) is 1. The van der Waals surface area contributed by atoms with Crippen molar-refractivity contribution in [2.45, 2.75) is 101 Å². The summed E-state index contributed by atoms with van der Waals surface area (Å²) in [6.07, 6.45) is 1.47. The number of guanidine groups is 1. The zero-order chi connectivity index (χ0) is 46.5. The van der Waals surface area contributed by atoms with E-state index < -0.39 is 76.4 Å². The minimum absolute atomic E-state index is 0.00255. The molecule has 3 aromatic carbocycles. The number of carbonyl (C=O) groups is 6. The van der Waals surface area contributed by atoms with Gasteiger partial charge in [0, 0.05) is 19.6 Å². The minimum atomic E-state index is -3.98. The average molecular weight is 906 g/mol. The molecule has 4 atom stereocenters. The van der Waals surface area contributed by atoms with Crippen LogP contribution < -0.4 is 37.5 Å². The van der Waals surface area contributed by atoms with E-state index in [0.717, 1.165) is 16.7 Å². The van der Waals surface area contributed by atoms with Crippen LogP contribution in [0.3, 0.4) is 0 Å². The van der Waals surface area contributed by atoms with Crippen LogP contribution in [0.4, 0.5) is 4.79 Å². The standard InChI is InChI=1S/C44H59N9O10S/c1-30-20-22-34(23-21-30)64(60,61)52-43(46)47-25-11-18-35(50-38(54)27-45)41(57)53-26-12-19-37(53)40(56)49-31(2)39(55)51-36(42(58)62-28-32-13-5-3-6-14-32)17-9-10-24-48-44(59)63-29-33-15-7-4-8-16-33/h3-8,13-16,20-23,31,35-37H,9-12,17-19,24-29,45H2,1-2H3,(H,48,59)(H,49,56)(H,50,54)(H,51,55)(H3,46,47,52)/t31-,35-,36-,37-/m0/s1. The Morgan fingerprint density at radius 2 is 1.44 bits per heavy atom. The van der Waals surface area contributed by atoms with Crippen molar-refractivity contribution in [3.05, 3.63) is 102 Å². The van der Waals surface area contributed by atoms with Crippen LogP contribution in [-0.4, -0.2) is 105 Å². The van der Waals surface area contributed by atoms with E-state index in [0.29, 0.717) is 19.3 Å². The van der Waals surface area contributed by atoms with Crippen LogP contribution in [0.5, 0.6) is 0 Å². The number of hydrogen-bond donors (Lipinski definition) is 7. The Morgan fingerprint density at radius 1 is 0.812 bits per heavy atom. The third kappa shape index (κ3) is 16.6. The number of hydrogen-bond acceptors (Lipinski definition) is 12. The van der Waals surface area contributed by atoms with E-state index in [1.807, 2.05) is 43.3 Å². The number of nitrogens with zero attached hydrogens (tertiary/aromatic N) is 2. The zero-order valence-corrected chi connectivity index (χ0v) is 36.9. The maximum absolute atomic E-state index is 13.9. The molecule has 3 aromatic rings. The van der Waals surface area contributed by atoms with Crippen molar-refractivity contribution in [2.24, 2.45) is 16.5 Å². The third-order valence-corrected chi connectivity index (χ3v) is 11.5. The van der Waals surface area contributed by atoms with Crippen LogP contribution in [0.1, 0.15) is 68.6 Å². The maximum Gasteiger partial charge on any atom is 0.407 e. The van der Waals surface area contributed by atoms with Gasteiger partial charge in [0.15, 0.2) is 0 Å². The second-order valence-electron chi connectivity index (χ2n) is 15.2. The van der Waals surface area contributed by atoms with Gasteiger partial charge in [-0.25, -0.2) is 22.7 Å². The Morgan fingerprint density at radius 3 is 2.08 bits per heavy atom. The number of aliphatic imine (C=N–C) groups is 1. The fourth-order valence-corrected chi connectivity index (χ4v) is 7.60. The first-order valence-corrected chi connectivity index (χ1v) is 22.6. The molecule has 1 aliphatic heterocycles. The highest BCUT2D eigenvalue weighted by molar-refractivity contribution is 7.90. The number of unbranched alkanes of at least 4 members (excludes halogenated alkanes) is 1. The average Bonchev–Trinajstić information content (AvgIpc) is 3.79. The molecule has 1 saturated heterocycles. The van der Waals surface area contributed by atoms with E-state index in [4.69, 9.17) is 20.9 Å². The first-order valence-electron chi connectivity index (χ1n) is 21.1. The molecular formula is C44H59N9O10S. The highest BCUT2D eigenvalue weighted by Crippen LogP contribution is 2.20. The third-order valence-electron chi connectivity index (χ3n) is 10.1. The van der Waals surface area contributed by atoms with Crippen molar-refractivity contribution < 1.29 is 46.7 Å². The smallest absolute Gasteiger partial charge is 0.407 e. The van der Waals surface area contributed by atoms with E-state index in [2.05, 4.69) is 31.0 Å². The maximum atomic E-state index is 13.9. The topological polar surface area (TPSA) is 283 Å². The molecule has 0 saturated carbocycles. The molecule has 346 valence electrons. The summed E-state index contributed by atoms with van der Waals surface area (Å²) >= 11 is 0. The lowest BCUT2D eigenvalue weighted by atomic mass is 10.1. The van der Waals surface area contributed by atoms with Gasteiger partial charge in [-0.2, -0.15) is 0 Å². The molecule has 19 nitrogen and oxygen atoms in total. The molecule has 0 bridgehead atoms. The number of nitrogens with two attached hydrogens (primary N) is 2. The predicted molar refractivity (Wildman–Crippen MR) is 237 cm³/mol. The second kappa shape index (κ2) is 25.5. The molecular weight excluding hydrogens is 847 g/mol. The number of alkyl carbamates (subject to hydrolysis) is 1. The summed E-state index contributed by atoms with van der Waals surface area (Å²) < 4.78 is 38.3. The van der Waals surface area contributed by atoms with Gasteiger partial charge in [-0.15, -0.1) is 0 Å². The van der Waals surface area contributed by atoms with Gasteiger partial charge < -0.3 is 47.1 Å². The van der Waals surface area contributed by atoms with Crippen LogP contribution in [0, 0.1) is 6.92 Å². The molecule has 1 aliphatic rings. The lowest BCUT2D eigenvalue weighted by Crippen LogP contribution is -2.57. The lowest BCUT2D eigenvalue weighted by Gasteiger charge is -2.29. The number of benzene rings is 3. The SMILES string of the molecule is Cc1ccc(S(=O)(=O)NC(N)=NCCC[C@H](NC(=O)CN)C(=O)N2CCC[C@H]2C(=O)N[C@@H](C)C(=O)N[C@@H](CCCCNC(=O)OCc2ccccc2)C(=O)OCc2ccccc2)cc1. The minimum Gasteiger partial charge on any atom is -0.459 e. The number of esters is 1. The van der Waals surface area contributed by atoms with Gasteiger partial charge in [0.2, 0.25) is 29.6 Å². The van der Waals surface area contributed by atoms with E-state index in [9.17, 15) is 37.2 Å². The van der Waals surface area contributed by atoms with Gasteiger partial charge in [-0.1, -0.05) is 78.4 Å². The van der Waals surface area contributed by atoms with Crippen LogP contribution in [-0.2, 0) is 56.7 Å². The highest BCUT2D eigenvalue weighted by atomic mass is 32.2. The fraction of sp³-hybridized carbons (Fsp3) is 0.432. The van der Waals surface area contributed by atoms with Crippen molar-refractivity contribution in [3.63, 3.8) is 0 Å². The first kappa shape index (κ1) is 50.1. The van der Waals surface area contributed by atoms with Crippen molar-refractivity contribution >= 4 is 51.7 Å². The Kier molecular flexibility index (Phi) is 20.0. The van der Waals surface area contributed by atoms with Gasteiger partial charge >= 0.3 is 12.1 Å². The Bertz CT molecular complexity index is 2160. The molecule has 0 unspecified atom stereocenters. The summed E-state index contributed by atoms with van der Waals surface area (Å²) in [5.74, 6) is -3.46. The highest BCUT2D eigenvalue weighted by Gasteiger charge is 2.38. The molecule has 64 heavy (non-hydrogen) atoms. The summed E-state index contributed by atoms with van der Waals surface area (Å²) in [5.41, 5.74) is 13.8. The Hall–Kier alpha value is -6.54. The van der Waals surface area contributed by atoms with Crippen LogP contribution >= 0.6 is 0 Å². The monoisotopic (exact) mass is 905 g/mol. The van der Waals surface area contributed by atoms with Gasteiger partial charge in [0.05, 0.1) is 11.4 Å². The lowest BCUT2D eigenvalue weighted by molar-refractivity contribution is -0.149. The largest absolute Gasteiger partial charge is 0.459 e. The molecule has 1 heterocycles. The quantitative estimate of drug-likeness (QED) is 0.0310. The Balaban J connectivity index is 1.31. The molecule has 9 N–H and O–H groups in total. The molecule has 0 aromatic heterocycles. The summed E-state index contributed by atoms with van der Waals surface area (Å²) in [6.45, 7) is 3.43. The van der Waals surface area contributed by atoms with E-state index in [-0.39, 0.29) is 69.4 Å². The van der Waals surface area contributed by atoms with Gasteiger partial charge in [0.1, 0.15) is 37.4 Å². The van der Waals surface area contributed by atoms with E-state index in [1.165, 1.54) is 24.0 Å². The number of nitrogens with one attached hydrogen (secondary N) is 5. The Labute approximate surface area is 373 Å². The summed E-state index contributed by atoms with van der Waals surface area (Å²) in [5, 5.41) is 10.6. The number of sulfonamides is 1. The molecule has 4 rings (SSSR count). The molecule has 0 aliphatic carbocycles. The molecule has 1 fully saturated rings. The zero-order valence-electron chi connectivity index (χ0n) is 36.1. The van der Waals surface area contributed by atoms with Gasteiger partial charge in [-0.3, -0.25) is 24.2 Å². The first-order chi connectivity index (χ1) is 30.7.